The molecule has 1 aliphatic heterocycles. The lowest BCUT2D eigenvalue weighted by Crippen LogP contribution is -2.43. The van der Waals surface area contributed by atoms with Crippen LogP contribution in [0.25, 0.3) is 0 Å². The number of ether oxygens (including phenoxy) is 2. The van der Waals surface area contributed by atoms with Crippen LogP contribution in [-0.2, 0) is 20.1 Å². The Hall–Kier alpha value is -3.86. The Bertz CT molecular complexity index is 1260. The van der Waals surface area contributed by atoms with Gasteiger partial charge in [0.25, 0.3) is 11.9 Å². The molecule has 0 spiro atoms. The van der Waals surface area contributed by atoms with Crippen LogP contribution in [0.3, 0.4) is 0 Å². The van der Waals surface area contributed by atoms with E-state index in [2.05, 4.69) is 10.1 Å². The summed E-state index contributed by atoms with van der Waals surface area (Å²) in [6, 6.07) is 15.1. The van der Waals surface area contributed by atoms with E-state index in [0.29, 0.717) is 0 Å². The second kappa shape index (κ2) is 9.96. The highest BCUT2D eigenvalue weighted by Gasteiger charge is 2.36. The van der Waals surface area contributed by atoms with Gasteiger partial charge in [-0.15, -0.1) is 0 Å². The molecule has 180 valence electrons. The Morgan fingerprint density at radius 2 is 1.82 bits per heavy atom. The number of hydrogen-bond acceptors (Lipinski definition) is 7. The lowest BCUT2D eigenvalue weighted by molar-refractivity contribution is -0.0499. The minimum absolute atomic E-state index is 0.0625. The summed E-state index contributed by atoms with van der Waals surface area (Å²) in [6.07, 6.45) is -0.666. The quantitative estimate of drug-likeness (QED) is 0.491. The Labute approximate surface area is 193 Å². The van der Waals surface area contributed by atoms with E-state index >= 15 is 0 Å². The highest BCUT2D eigenvalue weighted by molar-refractivity contribution is 5.71. The first kappa shape index (κ1) is 23.3. The zero-order valence-electron chi connectivity index (χ0n) is 18.4. The van der Waals surface area contributed by atoms with Crippen molar-refractivity contribution in [3.05, 3.63) is 81.0 Å². The van der Waals surface area contributed by atoms with Crippen molar-refractivity contribution < 1.29 is 23.4 Å². The van der Waals surface area contributed by atoms with Crippen LogP contribution < -0.4 is 30.9 Å². The fraction of sp³-hybridized carbons (Fsp3) is 0.304. The molecule has 0 aliphatic carbocycles. The van der Waals surface area contributed by atoms with E-state index in [4.69, 9.17) is 4.74 Å². The minimum Gasteiger partial charge on any atom is -0.452 e. The standard InChI is InChI=1S/C23H24F2N4O5/c1-27-19-18(20(31)28(23(27)32)11-6-12-30)29(14-15-7-3-2-4-8-15)22(26-19)34-17-10-5-9-16(13-17)33-21(24)25/h2-5,7-10,13,21-22,26,30H,6,11-12,14H2,1H3. The molecule has 4 rings (SSSR count). The summed E-state index contributed by atoms with van der Waals surface area (Å²) in [7, 11) is 1.53. The molecule has 0 amide bonds. The predicted octanol–water partition coefficient (Wildman–Crippen LogP) is 2.33. The maximum Gasteiger partial charge on any atom is 0.387 e. The van der Waals surface area contributed by atoms with Crippen LogP contribution in [0.2, 0.25) is 0 Å². The largest absolute Gasteiger partial charge is 0.452 e. The predicted molar refractivity (Wildman–Crippen MR) is 121 cm³/mol. The molecule has 0 fully saturated rings. The molecule has 1 unspecified atom stereocenters. The summed E-state index contributed by atoms with van der Waals surface area (Å²) in [6.45, 7) is -2.81. The Balaban J connectivity index is 1.74. The Kier molecular flexibility index (Phi) is 6.82. The van der Waals surface area contributed by atoms with E-state index in [0.717, 1.165) is 10.1 Å². The maximum absolute atomic E-state index is 13.3. The number of benzene rings is 2. The lowest BCUT2D eigenvalue weighted by atomic mass is 10.2. The number of aliphatic hydroxyl groups is 1. The van der Waals surface area contributed by atoms with Crippen molar-refractivity contribution >= 4 is 11.5 Å². The van der Waals surface area contributed by atoms with Crippen LogP contribution in [0.5, 0.6) is 11.5 Å². The number of aromatic nitrogens is 2. The molecule has 1 aliphatic rings. The normalized spacial score (nSPS) is 14.7. The summed E-state index contributed by atoms with van der Waals surface area (Å²) >= 11 is 0. The van der Waals surface area contributed by atoms with Crippen molar-refractivity contribution in [2.45, 2.75) is 32.5 Å². The number of alkyl halides is 2. The first-order valence-corrected chi connectivity index (χ1v) is 10.6. The molecule has 2 aromatic carbocycles. The number of fused-ring (bicyclic) bond motifs is 1. The van der Waals surface area contributed by atoms with Crippen molar-refractivity contribution in [3.8, 4) is 11.5 Å². The van der Waals surface area contributed by atoms with E-state index < -0.39 is 24.2 Å². The van der Waals surface area contributed by atoms with Gasteiger partial charge in [0.2, 0.25) is 0 Å². The van der Waals surface area contributed by atoms with Gasteiger partial charge in [-0.2, -0.15) is 8.78 Å². The van der Waals surface area contributed by atoms with Gasteiger partial charge in [-0.05, 0) is 24.1 Å². The second-order valence-corrected chi connectivity index (χ2v) is 7.65. The molecular formula is C23H24F2N4O5. The van der Waals surface area contributed by atoms with E-state index in [9.17, 15) is 23.5 Å². The lowest BCUT2D eigenvalue weighted by Gasteiger charge is -2.26. The smallest absolute Gasteiger partial charge is 0.387 e. The highest BCUT2D eigenvalue weighted by atomic mass is 19.3. The van der Waals surface area contributed by atoms with Gasteiger partial charge in [-0.1, -0.05) is 36.4 Å². The van der Waals surface area contributed by atoms with Gasteiger partial charge in [0.1, 0.15) is 23.0 Å². The van der Waals surface area contributed by atoms with Gasteiger partial charge >= 0.3 is 12.3 Å². The van der Waals surface area contributed by atoms with E-state index in [1.807, 2.05) is 30.3 Å². The molecule has 0 radical (unpaired) electrons. The summed E-state index contributed by atoms with van der Waals surface area (Å²) in [5.41, 5.74) is 0.0674. The zero-order valence-corrected chi connectivity index (χ0v) is 18.4. The van der Waals surface area contributed by atoms with Crippen LogP contribution in [0.4, 0.5) is 20.3 Å². The van der Waals surface area contributed by atoms with Crippen molar-refractivity contribution in [2.75, 3.05) is 16.8 Å². The highest BCUT2D eigenvalue weighted by Crippen LogP contribution is 2.33. The van der Waals surface area contributed by atoms with Gasteiger partial charge in [0.05, 0.1) is 0 Å². The Morgan fingerprint density at radius 1 is 1.09 bits per heavy atom. The average molecular weight is 474 g/mol. The summed E-state index contributed by atoms with van der Waals surface area (Å²) < 4.78 is 38.1. The molecule has 3 aromatic rings. The number of nitrogens with zero attached hydrogens (tertiary/aromatic N) is 3. The topological polar surface area (TPSA) is 98.0 Å². The molecule has 1 atom stereocenters. The third-order valence-electron chi connectivity index (χ3n) is 5.37. The summed E-state index contributed by atoms with van der Waals surface area (Å²) in [5.74, 6) is 0.430. The summed E-state index contributed by atoms with van der Waals surface area (Å²) in [5, 5.41) is 12.2. The third kappa shape index (κ3) is 4.74. The van der Waals surface area contributed by atoms with Crippen molar-refractivity contribution in [3.63, 3.8) is 0 Å². The van der Waals surface area contributed by atoms with Crippen molar-refractivity contribution in [2.24, 2.45) is 7.05 Å². The third-order valence-corrected chi connectivity index (χ3v) is 5.37. The zero-order chi connectivity index (χ0) is 24.2. The molecule has 1 aromatic heterocycles. The van der Waals surface area contributed by atoms with Gasteiger partial charge in [0.15, 0.2) is 0 Å². The molecule has 0 saturated carbocycles. The van der Waals surface area contributed by atoms with E-state index in [-0.39, 0.29) is 49.1 Å². The number of halogens is 2. The molecular weight excluding hydrogens is 450 g/mol. The summed E-state index contributed by atoms with van der Waals surface area (Å²) in [4.78, 5) is 27.8. The molecule has 2 N–H and O–H groups in total. The first-order valence-electron chi connectivity index (χ1n) is 10.6. The van der Waals surface area contributed by atoms with Gasteiger partial charge < -0.3 is 24.8 Å². The number of rotatable bonds is 9. The number of anilines is 2. The van der Waals surface area contributed by atoms with Crippen LogP contribution in [0, 0.1) is 0 Å². The fourth-order valence-electron chi connectivity index (χ4n) is 3.80. The number of hydrogen-bond donors (Lipinski definition) is 2. The minimum atomic E-state index is -2.98. The first-order chi connectivity index (χ1) is 16.4. The van der Waals surface area contributed by atoms with Crippen LogP contribution >= 0.6 is 0 Å². The molecule has 2 heterocycles. The average Bonchev–Trinajstić information content (AvgIpc) is 3.16. The monoisotopic (exact) mass is 474 g/mol. The molecule has 9 nitrogen and oxygen atoms in total. The van der Waals surface area contributed by atoms with Gasteiger partial charge in [-0.25, -0.2) is 4.79 Å². The van der Waals surface area contributed by atoms with Crippen molar-refractivity contribution in [1.82, 2.24) is 9.13 Å². The maximum atomic E-state index is 13.3. The SMILES string of the molecule is Cn1c2c(c(=O)n(CCCO)c1=O)N(Cc1ccccc1)C(Oc1cccc(OC(F)F)c1)N2. The number of aliphatic hydroxyl groups excluding tert-OH is 1. The van der Waals surface area contributed by atoms with E-state index in [1.165, 1.54) is 29.8 Å². The molecule has 34 heavy (non-hydrogen) atoms. The van der Waals surface area contributed by atoms with Crippen molar-refractivity contribution in [1.29, 1.82) is 0 Å². The molecule has 0 bridgehead atoms. The van der Waals surface area contributed by atoms with Crippen LogP contribution in [0.1, 0.15) is 12.0 Å². The van der Waals surface area contributed by atoms with Gasteiger partial charge in [0, 0.05) is 32.8 Å². The second-order valence-electron chi connectivity index (χ2n) is 7.65. The molecule has 11 heteroatoms. The van der Waals surface area contributed by atoms with Gasteiger partial charge in [-0.3, -0.25) is 13.9 Å². The van der Waals surface area contributed by atoms with Crippen LogP contribution in [0.15, 0.2) is 64.2 Å². The fourth-order valence-corrected chi connectivity index (χ4v) is 3.80. The molecule has 0 saturated heterocycles. The Morgan fingerprint density at radius 3 is 2.53 bits per heavy atom. The van der Waals surface area contributed by atoms with E-state index in [1.54, 1.807) is 11.0 Å². The van der Waals surface area contributed by atoms with Crippen LogP contribution in [-0.4, -0.2) is 33.8 Å². The number of nitrogens with one attached hydrogen (secondary N) is 1.